The van der Waals surface area contributed by atoms with Gasteiger partial charge in [-0.2, -0.15) is 5.84 Å². The lowest BCUT2D eigenvalue weighted by Gasteiger charge is -1.98. The molecule has 42 valence electrons. The highest BCUT2D eigenvalue weighted by Crippen LogP contribution is 1.71. The highest BCUT2D eigenvalue weighted by Gasteiger charge is 2.01. The molecule has 0 aromatic rings. The maximum Gasteiger partial charge on any atom is 0.204 e. The summed E-state index contributed by atoms with van der Waals surface area (Å²) in [6.07, 6.45) is 0. The van der Waals surface area contributed by atoms with E-state index >= 15 is 0 Å². The average molecular weight is 107 g/mol. The van der Waals surface area contributed by atoms with Crippen LogP contribution in [0.5, 0.6) is 0 Å². The summed E-state index contributed by atoms with van der Waals surface area (Å²) in [6, 6.07) is 0. The number of nitrogens with zero attached hydrogens (tertiary/aromatic N) is 2. The minimum absolute atomic E-state index is 0.0139. The van der Waals surface area contributed by atoms with E-state index in [1.165, 1.54) is 0 Å². The van der Waals surface area contributed by atoms with Gasteiger partial charge in [0.05, 0.1) is 12.4 Å². The van der Waals surface area contributed by atoms with E-state index < -0.39 is 5.03 Å². The molecule has 6 nitrogen and oxygen atoms in total. The van der Waals surface area contributed by atoms with Gasteiger partial charge < -0.3 is 0 Å². The lowest BCUT2D eigenvalue weighted by atomic mass is 11.7. The van der Waals surface area contributed by atoms with E-state index in [2.05, 4.69) is 10.7 Å². The van der Waals surface area contributed by atoms with Crippen LogP contribution in [0.2, 0.25) is 0 Å². The number of nitro groups is 1. The van der Waals surface area contributed by atoms with Crippen molar-refractivity contribution >= 4 is 0 Å². The third-order valence-electron chi connectivity index (χ3n) is 0.348. The summed E-state index contributed by atoms with van der Waals surface area (Å²) in [5, 5.41) is 8.54. The van der Waals surface area contributed by atoms with Gasteiger partial charge in [-0.25, -0.2) is 15.0 Å². The fraction of sp³-hybridized carbons (Fsp3) is 1.00. The maximum absolute atomic E-state index is 9.41. The van der Waals surface area contributed by atoms with Crippen LogP contribution in [0.4, 0.5) is 0 Å². The normalized spacial score (nSPS) is 8.29. The van der Waals surface area contributed by atoms with Crippen LogP contribution in [0, 0.1) is 10.1 Å². The molecule has 0 heterocycles. The molecule has 0 amide bonds. The molecule has 0 aliphatic carbocycles. The first-order chi connectivity index (χ1) is 3.18. The first-order valence-corrected chi connectivity index (χ1v) is 1.41. The Balaban J connectivity index is 3.34. The van der Waals surface area contributed by atoms with Gasteiger partial charge in [0.25, 0.3) is 0 Å². The van der Waals surface area contributed by atoms with Crippen LogP contribution in [0.25, 0.3) is 0 Å². The van der Waals surface area contributed by atoms with Crippen molar-refractivity contribution in [1.82, 2.24) is 5.28 Å². The van der Waals surface area contributed by atoms with Gasteiger partial charge >= 0.3 is 0 Å². The van der Waals surface area contributed by atoms with Gasteiger partial charge in [-0.15, -0.1) is 0 Å². The van der Waals surface area contributed by atoms with Crippen molar-refractivity contribution in [3.63, 3.8) is 0 Å². The lowest BCUT2D eigenvalue weighted by Crippen LogP contribution is -2.35. The van der Waals surface area contributed by atoms with Crippen molar-refractivity contribution in [3.05, 3.63) is 10.1 Å². The van der Waals surface area contributed by atoms with E-state index in [0.717, 1.165) is 7.11 Å². The fourth-order valence-corrected chi connectivity index (χ4v) is 0.0667. The Labute approximate surface area is 39.5 Å². The Morgan fingerprint density at radius 3 is 2.43 bits per heavy atom. The van der Waals surface area contributed by atoms with Gasteiger partial charge in [0.2, 0.25) is 5.03 Å². The molecule has 0 aliphatic heterocycles. The molecule has 7 heavy (non-hydrogen) atoms. The second kappa shape index (κ2) is 2.32. The zero-order valence-corrected chi connectivity index (χ0v) is 3.70. The van der Waals surface area contributed by atoms with Crippen molar-refractivity contribution in [2.45, 2.75) is 0 Å². The molecule has 0 spiro atoms. The summed E-state index contributed by atoms with van der Waals surface area (Å²) >= 11 is 0. The van der Waals surface area contributed by atoms with Crippen molar-refractivity contribution in [2.75, 3.05) is 7.11 Å². The molecule has 0 rings (SSSR count). The van der Waals surface area contributed by atoms with Gasteiger partial charge in [0.1, 0.15) is 0 Å². The molecule has 0 atom stereocenters. The van der Waals surface area contributed by atoms with Crippen LogP contribution >= 0.6 is 0 Å². The molecule has 2 N–H and O–H groups in total. The van der Waals surface area contributed by atoms with E-state index in [1.54, 1.807) is 0 Å². The second-order valence-corrected chi connectivity index (χ2v) is 0.723. The predicted octanol–water partition coefficient (Wildman–Crippen LogP) is -1.08. The molecule has 0 aliphatic rings. The molecule has 0 saturated heterocycles. The summed E-state index contributed by atoms with van der Waals surface area (Å²) in [6.45, 7) is 0. The molecule has 0 fully saturated rings. The SMILES string of the molecule is CON(N)[N+](=O)[O-]. The first-order valence-electron chi connectivity index (χ1n) is 1.41. The molecule has 0 saturated carbocycles. The van der Waals surface area contributed by atoms with Gasteiger partial charge in [0, 0.05) is 0 Å². The third-order valence-corrected chi connectivity index (χ3v) is 0.348. The Morgan fingerprint density at radius 1 is 2.00 bits per heavy atom. The molecule has 0 bridgehead atoms. The van der Waals surface area contributed by atoms with Crippen LogP contribution in [0.1, 0.15) is 0 Å². The topological polar surface area (TPSA) is 81.6 Å². The third kappa shape index (κ3) is 1.90. The minimum atomic E-state index is -0.889. The van der Waals surface area contributed by atoms with Crippen molar-refractivity contribution in [1.29, 1.82) is 0 Å². The first kappa shape index (κ1) is 6.12. The van der Waals surface area contributed by atoms with Crippen molar-refractivity contribution in [2.24, 2.45) is 5.84 Å². The summed E-state index contributed by atoms with van der Waals surface area (Å²) in [5.41, 5.74) is 0. The van der Waals surface area contributed by atoms with E-state index in [9.17, 15) is 10.1 Å². The van der Waals surface area contributed by atoms with E-state index in [1.807, 2.05) is 0 Å². The largest absolute Gasteiger partial charge is 0.232 e. The number of rotatable bonds is 2. The van der Waals surface area contributed by atoms with Crippen LogP contribution in [0.15, 0.2) is 0 Å². The van der Waals surface area contributed by atoms with Crippen molar-refractivity contribution in [3.8, 4) is 0 Å². The van der Waals surface area contributed by atoms with Crippen LogP contribution in [-0.2, 0) is 4.84 Å². The minimum Gasteiger partial charge on any atom is -0.232 e. The van der Waals surface area contributed by atoms with Crippen LogP contribution in [-0.4, -0.2) is 17.4 Å². The monoisotopic (exact) mass is 107 g/mol. The second-order valence-electron chi connectivity index (χ2n) is 0.723. The Kier molecular flexibility index (Phi) is 2.03. The summed E-state index contributed by atoms with van der Waals surface area (Å²) in [5.74, 6) is 4.53. The van der Waals surface area contributed by atoms with Gasteiger partial charge in [-0.1, -0.05) is 0 Å². The lowest BCUT2D eigenvalue weighted by molar-refractivity contribution is -0.734. The highest BCUT2D eigenvalue weighted by atomic mass is 16.9. The zero-order chi connectivity index (χ0) is 5.86. The number of hydrazine groups is 2. The maximum atomic E-state index is 9.41. The Morgan fingerprint density at radius 2 is 2.43 bits per heavy atom. The zero-order valence-electron chi connectivity index (χ0n) is 3.70. The molecular weight excluding hydrogens is 102 g/mol. The quantitative estimate of drug-likeness (QED) is 0.275. The average Bonchev–Trinajstić information content (AvgIpc) is 1.65. The number of hydrogen-bond acceptors (Lipinski definition) is 4. The Bertz CT molecular complexity index is 72.6. The summed E-state index contributed by atoms with van der Waals surface area (Å²) < 4.78 is 0. The number of nitrogens with two attached hydrogens (primary N) is 1. The Hall–Kier alpha value is -0.880. The van der Waals surface area contributed by atoms with Crippen molar-refractivity contribution < 1.29 is 9.87 Å². The molecule has 0 radical (unpaired) electrons. The van der Waals surface area contributed by atoms with Crippen LogP contribution < -0.4 is 5.84 Å². The van der Waals surface area contributed by atoms with E-state index in [4.69, 9.17) is 0 Å². The molecule has 0 aromatic heterocycles. The van der Waals surface area contributed by atoms with Gasteiger partial charge in [-0.3, -0.25) is 0 Å². The smallest absolute Gasteiger partial charge is 0.204 e. The van der Waals surface area contributed by atoms with Crippen LogP contribution in [0.3, 0.4) is 0 Å². The van der Waals surface area contributed by atoms with E-state index in [-0.39, 0.29) is 5.28 Å². The predicted molar refractivity (Wildman–Crippen MR) is 20.0 cm³/mol. The van der Waals surface area contributed by atoms with E-state index in [0.29, 0.717) is 0 Å². The molecule has 0 aromatic carbocycles. The van der Waals surface area contributed by atoms with Gasteiger partial charge in [-0.05, 0) is 0 Å². The number of hydrogen-bond donors (Lipinski definition) is 1. The standard InChI is InChI=1S/CH5N3O3/c1-7-3(2)4(5)6/h2H2,1H3. The summed E-state index contributed by atoms with van der Waals surface area (Å²) in [7, 11) is 1.10. The summed E-state index contributed by atoms with van der Waals surface area (Å²) in [4.78, 5) is 13.3. The molecule has 0 unspecified atom stereocenters. The molecular formula is CH5N3O3. The highest BCUT2D eigenvalue weighted by molar-refractivity contribution is 3.93. The fourth-order valence-electron chi connectivity index (χ4n) is 0.0667. The van der Waals surface area contributed by atoms with Gasteiger partial charge in [0.15, 0.2) is 0 Å². The molecule has 6 heteroatoms.